The quantitative estimate of drug-likeness (QED) is 0.692. The van der Waals surface area contributed by atoms with E-state index in [0.29, 0.717) is 39.0 Å². The van der Waals surface area contributed by atoms with Gasteiger partial charge in [0.05, 0.1) is 5.56 Å². The molecule has 1 N–H and O–H groups in total. The smallest absolute Gasteiger partial charge is 0.256 e. The lowest BCUT2D eigenvalue weighted by molar-refractivity contribution is -0.134. The lowest BCUT2D eigenvalue weighted by Gasteiger charge is -2.37. The number of hydrogen-bond donors (Lipinski definition) is 1. The molecule has 0 radical (unpaired) electrons. The first-order valence-electron chi connectivity index (χ1n) is 11.2. The molecule has 3 amide bonds. The summed E-state index contributed by atoms with van der Waals surface area (Å²) >= 11 is 0. The van der Waals surface area contributed by atoms with E-state index in [1.54, 1.807) is 15.9 Å². The number of carbonyl (C=O) groups is 3. The average molecular weight is 458 g/mol. The van der Waals surface area contributed by atoms with Crippen molar-refractivity contribution in [2.24, 2.45) is 5.92 Å². The Hall–Kier alpha value is -3.29. The fraction of sp³-hybridized carbons (Fsp3) is 0.400. The van der Waals surface area contributed by atoms with Gasteiger partial charge < -0.3 is 15.1 Å². The molecule has 0 aromatic heterocycles. The summed E-state index contributed by atoms with van der Waals surface area (Å²) < 4.78 is 27.3. The van der Waals surface area contributed by atoms with E-state index in [1.165, 1.54) is 42.5 Å². The van der Waals surface area contributed by atoms with Gasteiger partial charge in [-0.1, -0.05) is 12.1 Å². The van der Waals surface area contributed by atoms with Crippen LogP contribution in [0.15, 0.2) is 48.5 Å². The predicted octanol–water partition coefficient (Wildman–Crippen LogP) is 3.48. The van der Waals surface area contributed by atoms with Crippen molar-refractivity contribution < 1.29 is 23.2 Å². The molecule has 8 heteroatoms. The summed E-state index contributed by atoms with van der Waals surface area (Å²) in [4.78, 5) is 42.0. The van der Waals surface area contributed by atoms with Crippen molar-refractivity contribution in [2.45, 2.75) is 32.7 Å². The van der Waals surface area contributed by atoms with Crippen molar-refractivity contribution >= 4 is 17.7 Å². The molecule has 1 saturated heterocycles. The third-order valence-electron chi connectivity index (χ3n) is 6.14. The van der Waals surface area contributed by atoms with E-state index in [4.69, 9.17) is 0 Å². The number of amides is 3. The summed E-state index contributed by atoms with van der Waals surface area (Å²) in [7, 11) is 0. The zero-order valence-corrected chi connectivity index (χ0v) is 18.9. The number of rotatable bonds is 7. The van der Waals surface area contributed by atoms with Gasteiger partial charge >= 0.3 is 0 Å². The Balaban J connectivity index is 1.73. The molecule has 0 aliphatic carbocycles. The van der Waals surface area contributed by atoms with E-state index in [2.05, 4.69) is 5.32 Å². The number of halogens is 2. The molecule has 33 heavy (non-hydrogen) atoms. The Kier molecular flexibility index (Phi) is 8.14. The zero-order valence-electron chi connectivity index (χ0n) is 18.9. The molecule has 176 valence electrons. The Labute approximate surface area is 192 Å². The second kappa shape index (κ2) is 11.0. The predicted molar refractivity (Wildman–Crippen MR) is 121 cm³/mol. The lowest BCUT2D eigenvalue weighted by atomic mass is 9.87. The Morgan fingerprint density at radius 2 is 1.61 bits per heavy atom. The summed E-state index contributed by atoms with van der Waals surface area (Å²) in [5, 5.41) is 2.84. The van der Waals surface area contributed by atoms with Gasteiger partial charge in [-0.25, -0.2) is 8.78 Å². The summed E-state index contributed by atoms with van der Waals surface area (Å²) in [6.45, 7) is 5.45. The van der Waals surface area contributed by atoms with Crippen molar-refractivity contribution in [1.82, 2.24) is 15.1 Å². The highest BCUT2D eigenvalue weighted by Crippen LogP contribution is 2.24. The van der Waals surface area contributed by atoms with Crippen molar-refractivity contribution in [3.8, 4) is 0 Å². The highest BCUT2D eigenvalue weighted by molar-refractivity contribution is 5.97. The van der Waals surface area contributed by atoms with Gasteiger partial charge in [-0.15, -0.1) is 0 Å². The minimum atomic E-state index is -0.770. The third-order valence-corrected chi connectivity index (χ3v) is 6.14. The Morgan fingerprint density at radius 3 is 2.18 bits per heavy atom. The summed E-state index contributed by atoms with van der Waals surface area (Å²) in [6.07, 6.45) is 0.975. The van der Waals surface area contributed by atoms with Gasteiger partial charge in [0.2, 0.25) is 5.91 Å². The normalized spacial score (nSPS) is 15.1. The lowest BCUT2D eigenvalue weighted by Crippen LogP contribution is -2.54. The van der Waals surface area contributed by atoms with E-state index >= 15 is 0 Å². The number of piperidine rings is 1. The van der Waals surface area contributed by atoms with Crippen LogP contribution < -0.4 is 5.32 Å². The first-order chi connectivity index (χ1) is 15.8. The van der Waals surface area contributed by atoms with Crippen LogP contribution in [0.25, 0.3) is 0 Å². The molecule has 1 atom stereocenters. The fourth-order valence-corrected chi connectivity index (χ4v) is 4.18. The van der Waals surface area contributed by atoms with Crippen LogP contribution in [-0.2, 0) is 4.79 Å². The maximum atomic E-state index is 14.0. The second-order valence-corrected chi connectivity index (χ2v) is 8.08. The number of carbonyl (C=O) groups excluding carboxylic acids is 3. The molecule has 0 saturated carbocycles. The van der Waals surface area contributed by atoms with E-state index in [9.17, 15) is 23.2 Å². The molecular formula is C25H29F2N3O3. The topological polar surface area (TPSA) is 69.7 Å². The van der Waals surface area contributed by atoms with Gasteiger partial charge in [-0.2, -0.15) is 0 Å². The number of benzene rings is 2. The number of likely N-dealkylation sites (tertiary alicyclic amines) is 1. The molecule has 6 nitrogen and oxygen atoms in total. The molecule has 1 unspecified atom stereocenters. The van der Waals surface area contributed by atoms with Crippen molar-refractivity contribution in [1.29, 1.82) is 0 Å². The minimum absolute atomic E-state index is 0.0244. The van der Waals surface area contributed by atoms with Gasteiger partial charge in [0, 0.05) is 31.7 Å². The first kappa shape index (κ1) is 24.4. The monoisotopic (exact) mass is 457 g/mol. The molecule has 1 heterocycles. The van der Waals surface area contributed by atoms with Crippen LogP contribution in [0, 0.1) is 17.6 Å². The first-order valence-corrected chi connectivity index (χ1v) is 11.2. The third kappa shape index (κ3) is 5.74. The molecule has 1 aliphatic rings. The fourth-order valence-electron chi connectivity index (χ4n) is 4.18. The average Bonchev–Trinajstić information content (AvgIpc) is 2.83. The molecular weight excluding hydrogens is 428 g/mol. The van der Waals surface area contributed by atoms with Gasteiger partial charge in [0.1, 0.15) is 17.7 Å². The Morgan fingerprint density at radius 1 is 1.00 bits per heavy atom. The standard InChI is InChI=1S/C25H29F2N3O3/c1-3-29(4-2)25(33)22(28-23(31)18-9-11-19(26)12-10-18)17-13-15-30(16-14-17)24(32)20-7-5-6-8-21(20)27/h5-12,17,22H,3-4,13-16H2,1-2H3,(H,28,31). The van der Waals surface area contributed by atoms with Gasteiger partial charge in [-0.05, 0) is 69.0 Å². The SMILES string of the molecule is CCN(CC)C(=O)C(NC(=O)c1ccc(F)cc1)C1CCN(C(=O)c2ccccc2F)CC1. The number of hydrogen-bond acceptors (Lipinski definition) is 3. The van der Waals surface area contributed by atoms with Crippen molar-refractivity contribution in [3.05, 3.63) is 71.3 Å². The highest BCUT2D eigenvalue weighted by atomic mass is 19.1. The van der Waals surface area contributed by atoms with Crippen LogP contribution in [-0.4, -0.2) is 59.7 Å². The van der Waals surface area contributed by atoms with Crippen LogP contribution in [0.5, 0.6) is 0 Å². The van der Waals surface area contributed by atoms with E-state index in [1.807, 2.05) is 13.8 Å². The van der Waals surface area contributed by atoms with Crippen molar-refractivity contribution in [3.63, 3.8) is 0 Å². The largest absolute Gasteiger partial charge is 0.341 e. The van der Waals surface area contributed by atoms with Crippen LogP contribution >= 0.6 is 0 Å². The molecule has 0 spiro atoms. The van der Waals surface area contributed by atoms with Crippen LogP contribution in [0.2, 0.25) is 0 Å². The maximum absolute atomic E-state index is 14.0. The Bertz CT molecular complexity index is 985. The van der Waals surface area contributed by atoms with Crippen LogP contribution in [0.3, 0.4) is 0 Å². The van der Waals surface area contributed by atoms with E-state index in [0.717, 1.165) is 0 Å². The molecule has 1 fully saturated rings. The maximum Gasteiger partial charge on any atom is 0.256 e. The van der Waals surface area contributed by atoms with Gasteiger partial charge in [0.25, 0.3) is 11.8 Å². The molecule has 2 aromatic carbocycles. The van der Waals surface area contributed by atoms with Crippen LogP contribution in [0.4, 0.5) is 8.78 Å². The van der Waals surface area contributed by atoms with Crippen molar-refractivity contribution in [2.75, 3.05) is 26.2 Å². The summed E-state index contributed by atoms with van der Waals surface area (Å²) in [5.41, 5.74) is 0.289. The number of nitrogens with zero attached hydrogens (tertiary/aromatic N) is 2. The van der Waals surface area contributed by atoms with Crippen LogP contribution in [0.1, 0.15) is 47.4 Å². The molecule has 2 aromatic rings. The summed E-state index contributed by atoms with van der Waals surface area (Å²) in [6, 6.07) is 10.2. The van der Waals surface area contributed by atoms with E-state index in [-0.39, 0.29) is 28.9 Å². The van der Waals surface area contributed by atoms with Gasteiger partial charge in [0.15, 0.2) is 0 Å². The highest BCUT2D eigenvalue weighted by Gasteiger charge is 2.36. The number of likely N-dealkylation sites (N-methyl/N-ethyl adjacent to an activating group) is 1. The van der Waals surface area contributed by atoms with Gasteiger partial charge in [-0.3, -0.25) is 14.4 Å². The minimum Gasteiger partial charge on any atom is -0.341 e. The second-order valence-electron chi connectivity index (χ2n) is 8.08. The molecule has 1 aliphatic heterocycles. The number of nitrogens with one attached hydrogen (secondary N) is 1. The zero-order chi connectivity index (χ0) is 24.0. The van der Waals surface area contributed by atoms with E-state index < -0.39 is 23.6 Å². The molecule has 0 bridgehead atoms. The summed E-state index contributed by atoms with van der Waals surface area (Å²) in [5.74, 6) is -2.22. The molecule has 3 rings (SSSR count).